The molecular formula is C14H15NO4. The second-order valence-corrected chi connectivity index (χ2v) is 4.92. The first kappa shape index (κ1) is 13.3. The standard InChI is InChI=1S/C14H15NO4/c1-8-3-2-4-9(5-8)10-6-14(15,13(18)19)7-11(10)12(16)17/h2-5,7,10H,6,15H2,1H3,(H,16,17)(H,18,19)/t10-,14-/m0/s1. The average molecular weight is 261 g/mol. The van der Waals surface area contributed by atoms with Crippen molar-refractivity contribution in [2.24, 2.45) is 5.73 Å². The fourth-order valence-corrected chi connectivity index (χ4v) is 2.43. The van der Waals surface area contributed by atoms with E-state index in [1.165, 1.54) is 0 Å². The maximum atomic E-state index is 11.3. The Morgan fingerprint density at radius 3 is 2.58 bits per heavy atom. The molecule has 0 unspecified atom stereocenters. The SMILES string of the molecule is Cc1cccc([C@@H]2C[C@@](N)(C(=O)O)C=C2C(=O)O)c1. The minimum atomic E-state index is -1.61. The Hall–Kier alpha value is -2.14. The molecule has 0 aliphatic heterocycles. The van der Waals surface area contributed by atoms with Gasteiger partial charge in [0.05, 0.1) is 0 Å². The smallest absolute Gasteiger partial charge is 0.331 e. The highest BCUT2D eigenvalue weighted by Crippen LogP contribution is 2.40. The van der Waals surface area contributed by atoms with Gasteiger partial charge in [0.15, 0.2) is 0 Å². The van der Waals surface area contributed by atoms with Gasteiger partial charge in [-0.2, -0.15) is 0 Å². The molecule has 5 heteroatoms. The Bertz CT molecular complexity index is 579. The highest BCUT2D eigenvalue weighted by Gasteiger charge is 2.44. The molecule has 0 saturated heterocycles. The molecule has 0 radical (unpaired) electrons. The molecule has 0 fully saturated rings. The minimum Gasteiger partial charge on any atom is -0.480 e. The van der Waals surface area contributed by atoms with Crippen LogP contribution in [0, 0.1) is 6.92 Å². The molecule has 5 nitrogen and oxygen atoms in total. The van der Waals surface area contributed by atoms with Crippen LogP contribution in [0.5, 0.6) is 0 Å². The zero-order valence-electron chi connectivity index (χ0n) is 10.5. The van der Waals surface area contributed by atoms with Crippen molar-refractivity contribution < 1.29 is 19.8 Å². The van der Waals surface area contributed by atoms with E-state index in [2.05, 4.69) is 0 Å². The molecule has 1 aromatic rings. The molecule has 0 saturated carbocycles. The van der Waals surface area contributed by atoms with E-state index in [0.717, 1.165) is 17.2 Å². The summed E-state index contributed by atoms with van der Waals surface area (Å²) in [5, 5.41) is 18.3. The lowest BCUT2D eigenvalue weighted by Gasteiger charge is -2.19. The van der Waals surface area contributed by atoms with Crippen LogP contribution in [0.3, 0.4) is 0 Å². The topological polar surface area (TPSA) is 101 Å². The van der Waals surface area contributed by atoms with Crippen LogP contribution < -0.4 is 5.73 Å². The first-order valence-corrected chi connectivity index (χ1v) is 5.88. The van der Waals surface area contributed by atoms with E-state index in [9.17, 15) is 14.7 Å². The summed E-state index contributed by atoms with van der Waals surface area (Å²) in [5.41, 5.74) is 5.97. The molecule has 0 aromatic heterocycles. The second kappa shape index (κ2) is 4.51. The summed E-state index contributed by atoms with van der Waals surface area (Å²) in [4.78, 5) is 22.4. The van der Waals surface area contributed by atoms with Crippen molar-refractivity contribution in [1.29, 1.82) is 0 Å². The summed E-state index contributed by atoms with van der Waals surface area (Å²) >= 11 is 0. The van der Waals surface area contributed by atoms with Crippen molar-refractivity contribution in [3.05, 3.63) is 47.0 Å². The third-order valence-corrected chi connectivity index (χ3v) is 3.42. The highest BCUT2D eigenvalue weighted by molar-refractivity contribution is 5.94. The summed E-state index contributed by atoms with van der Waals surface area (Å²) in [6.45, 7) is 1.90. The molecule has 19 heavy (non-hydrogen) atoms. The van der Waals surface area contributed by atoms with Gasteiger partial charge < -0.3 is 15.9 Å². The number of carbonyl (C=O) groups is 2. The number of hydrogen-bond acceptors (Lipinski definition) is 3. The van der Waals surface area contributed by atoms with Crippen LogP contribution in [0.15, 0.2) is 35.9 Å². The van der Waals surface area contributed by atoms with Crippen LogP contribution in [0.4, 0.5) is 0 Å². The van der Waals surface area contributed by atoms with Crippen LogP contribution in [0.2, 0.25) is 0 Å². The monoisotopic (exact) mass is 261 g/mol. The number of aliphatic carboxylic acids is 2. The van der Waals surface area contributed by atoms with E-state index in [-0.39, 0.29) is 12.0 Å². The fourth-order valence-electron chi connectivity index (χ4n) is 2.43. The molecule has 1 aromatic carbocycles. The summed E-state index contributed by atoms with van der Waals surface area (Å²) in [7, 11) is 0. The zero-order chi connectivity index (χ0) is 14.2. The normalized spacial score (nSPS) is 26.0. The van der Waals surface area contributed by atoms with Crippen molar-refractivity contribution in [2.45, 2.75) is 24.8 Å². The summed E-state index contributed by atoms with van der Waals surface area (Å²) in [6, 6.07) is 7.37. The fraction of sp³-hybridized carbons (Fsp3) is 0.286. The number of benzene rings is 1. The number of carboxylic acids is 2. The van der Waals surface area contributed by atoms with Gasteiger partial charge in [-0.1, -0.05) is 29.8 Å². The molecule has 0 amide bonds. The van der Waals surface area contributed by atoms with E-state index in [0.29, 0.717) is 0 Å². The quantitative estimate of drug-likeness (QED) is 0.760. The van der Waals surface area contributed by atoms with Crippen molar-refractivity contribution >= 4 is 11.9 Å². The Balaban J connectivity index is 2.45. The Morgan fingerprint density at radius 1 is 1.37 bits per heavy atom. The van der Waals surface area contributed by atoms with Gasteiger partial charge in [-0.05, 0) is 25.0 Å². The predicted molar refractivity (Wildman–Crippen MR) is 68.8 cm³/mol. The lowest BCUT2D eigenvalue weighted by molar-refractivity contribution is -0.141. The van der Waals surface area contributed by atoms with Gasteiger partial charge in [-0.3, -0.25) is 0 Å². The Morgan fingerprint density at radius 2 is 2.05 bits per heavy atom. The highest BCUT2D eigenvalue weighted by atomic mass is 16.4. The lowest BCUT2D eigenvalue weighted by Crippen LogP contribution is -2.44. The largest absolute Gasteiger partial charge is 0.480 e. The van der Waals surface area contributed by atoms with Crippen LogP contribution in [-0.2, 0) is 9.59 Å². The summed E-state index contributed by atoms with van der Waals surface area (Å²) < 4.78 is 0. The molecule has 0 spiro atoms. The second-order valence-electron chi connectivity index (χ2n) is 4.92. The van der Waals surface area contributed by atoms with Crippen LogP contribution in [0.1, 0.15) is 23.5 Å². The molecular weight excluding hydrogens is 246 g/mol. The Labute approximate surface area is 110 Å². The Kier molecular flexibility index (Phi) is 3.16. The number of aryl methyl sites for hydroxylation is 1. The molecule has 1 aliphatic carbocycles. The van der Waals surface area contributed by atoms with Gasteiger partial charge in [0.1, 0.15) is 5.54 Å². The number of rotatable bonds is 3. The molecule has 0 heterocycles. The number of carboxylic acid groups (broad SMARTS) is 2. The van der Waals surface area contributed by atoms with E-state index >= 15 is 0 Å². The third kappa shape index (κ3) is 2.37. The van der Waals surface area contributed by atoms with E-state index in [1.54, 1.807) is 6.07 Å². The zero-order valence-corrected chi connectivity index (χ0v) is 10.5. The van der Waals surface area contributed by atoms with Crippen molar-refractivity contribution in [3.8, 4) is 0 Å². The first-order chi connectivity index (χ1) is 8.83. The summed E-state index contributed by atoms with van der Waals surface area (Å²) in [5.74, 6) is -2.82. The predicted octanol–water partition coefficient (Wildman–Crippen LogP) is 1.28. The van der Waals surface area contributed by atoms with E-state index in [1.807, 2.05) is 25.1 Å². The van der Waals surface area contributed by atoms with Crippen molar-refractivity contribution in [2.75, 3.05) is 0 Å². The maximum Gasteiger partial charge on any atom is 0.331 e. The number of nitrogens with two attached hydrogens (primary N) is 1. The molecule has 0 bridgehead atoms. The van der Waals surface area contributed by atoms with Crippen LogP contribution in [-0.4, -0.2) is 27.7 Å². The van der Waals surface area contributed by atoms with E-state index in [4.69, 9.17) is 10.8 Å². The average Bonchev–Trinajstić information content (AvgIpc) is 2.69. The first-order valence-electron chi connectivity index (χ1n) is 5.88. The van der Waals surface area contributed by atoms with Crippen molar-refractivity contribution in [3.63, 3.8) is 0 Å². The molecule has 2 rings (SSSR count). The van der Waals surface area contributed by atoms with Gasteiger partial charge >= 0.3 is 11.9 Å². The van der Waals surface area contributed by atoms with Gasteiger partial charge in [0, 0.05) is 11.5 Å². The lowest BCUT2D eigenvalue weighted by atomic mass is 9.88. The molecule has 4 N–H and O–H groups in total. The molecule has 2 atom stereocenters. The van der Waals surface area contributed by atoms with Crippen molar-refractivity contribution in [1.82, 2.24) is 0 Å². The number of hydrogen-bond donors (Lipinski definition) is 3. The molecule has 100 valence electrons. The van der Waals surface area contributed by atoms with Crippen LogP contribution in [0.25, 0.3) is 0 Å². The summed E-state index contributed by atoms with van der Waals surface area (Å²) in [6.07, 6.45) is 1.22. The van der Waals surface area contributed by atoms with Gasteiger partial charge in [0.2, 0.25) is 0 Å². The third-order valence-electron chi connectivity index (χ3n) is 3.42. The van der Waals surface area contributed by atoms with Gasteiger partial charge in [-0.25, -0.2) is 9.59 Å². The van der Waals surface area contributed by atoms with Crippen LogP contribution >= 0.6 is 0 Å². The molecule has 1 aliphatic rings. The minimum absolute atomic E-state index is 0.0514. The maximum absolute atomic E-state index is 11.3. The van der Waals surface area contributed by atoms with E-state index < -0.39 is 23.4 Å². The van der Waals surface area contributed by atoms with Gasteiger partial charge in [0.25, 0.3) is 0 Å². The van der Waals surface area contributed by atoms with Gasteiger partial charge in [-0.15, -0.1) is 0 Å².